The van der Waals surface area contributed by atoms with Crippen LogP contribution < -0.4 is 5.32 Å². The van der Waals surface area contributed by atoms with Gasteiger partial charge in [0.05, 0.1) is 25.9 Å². The second-order valence-corrected chi connectivity index (χ2v) is 6.61. The molecule has 3 atom stereocenters. The van der Waals surface area contributed by atoms with Crippen LogP contribution in [0.3, 0.4) is 0 Å². The Balaban J connectivity index is 2.02. The molecule has 2 aliphatic rings. The maximum absolute atomic E-state index is 9.52. The van der Waals surface area contributed by atoms with Gasteiger partial charge in [0.1, 0.15) is 0 Å². The average molecular weight is 270 g/mol. The highest BCUT2D eigenvalue weighted by molar-refractivity contribution is 4.91. The third kappa shape index (κ3) is 3.91. The molecule has 0 aromatic heterocycles. The van der Waals surface area contributed by atoms with E-state index < -0.39 is 0 Å². The maximum atomic E-state index is 9.52. The fraction of sp³-hybridized carbons (Fsp3) is 1.00. The summed E-state index contributed by atoms with van der Waals surface area (Å²) in [5.41, 5.74) is 0.386. The van der Waals surface area contributed by atoms with E-state index in [0.717, 1.165) is 32.2 Å². The van der Waals surface area contributed by atoms with Gasteiger partial charge in [-0.15, -0.1) is 0 Å². The van der Waals surface area contributed by atoms with Crippen molar-refractivity contribution in [3.63, 3.8) is 0 Å². The highest BCUT2D eigenvalue weighted by Crippen LogP contribution is 2.40. The fourth-order valence-electron chi connectivity index (χ4n) is 4.00. The lowest BCUT2D eigenvalue weighted by molar-refractivity contribution is -0.0520. The summed E-state index contributed by atoms with van der Waals surface area (Å²) in [6.45, 7) is 7.24. The topological polar surface area (TPSA) is 44.7 Å². The van der Waals surface area contributed by atoms with Crippen LogP contribution in [-0.2, 0) is 4.74 Å². The van der Waals surface area contributed by atoms with Crippen LogP contribution in [0.25, 0.3) is 0 Å². The Morgan fingerprint density at radius 2 is 2.32 bits per heavy atom. The van der Waals surface area contributed by atoms with E-state index in [1.165, 1.54) is 25.7 Å². The molecule has 0 bridgehead atoms. The number of ether oxygens (including phenoxy) is 1. The van der Waals surface area contributed by atoms with Crippen LogP contribution in [0.4, 0.5) is 0 Å². The first-order valence-corrected chi connectivity index (χ1v) is 7.76. The van der Waals surface area contributed by atoms with Crippen LogP contribution in [0.15, 0.2) is 0 Å². The van der Waals surface area contributed by atoms with Gasteiger partial charge in [0.2, 0.25) is 0 Å². The molecule has 3 unspecified atom stereocenters. The van der Waals surface area contributed by atoms with Gasteiger partial charge >= 0.3 is 0 Å². The third-order valence-electron chi connectivity index (χ3n) is 4.84. The Morgan fingerprint density at radius 3 is 3.00 bits per heavy atom. The largest absolute Gasteiger partial charge is 0.395 e. The molecule has 0 aromatic carbocycles. The van der Waals surface area contributed by atoms with Gasteiger partial charge in [-0.1, -0.05) is 19.8 Å². The molecule has 4 nitrogen and oxygen atoms in total. The van der Waals surface area contributed by atoms with Crippen molar-refractivity contribution in [3.8, 4) is 0 Å². The zero-order chi connectivity index (χ0) is 13.7. The number of hydrogen-bond acceptors (Lipinski definition) is 4. The monoisotopic (exact) mass is 270 g/mol. The van der Waals surface area contributed by atoms with Crippen LogP contribution in [0.2, 0.25) is 0 Å². The molecule has 1 saturated carbocycles. The molecule has 0 amide bonds. The van der Waals surface area contributed by atoms with E-state index in [0.29, 0.717) is 12.0 Å². The molecule has 1 heterocycles. The molecule has 19 heavy (non-hydrogen) atoms. The van der Waals surface area contributed by atoms with E-state index in [9.17, 15) is 5.11 Å². The summed E-state index contributed by atoms with van der Waals surface area (Å²) in [6, 6.07) is 0.194. The number of rotatable bonds is 5. The van der Waals surface area contributed by atoms with Gasteiger partial charge in [0.15, 0.2) is 0 Å². The Hall–Kier alpha value is -0.160. The van der Waals surface area contributed by atoms with E-state index >= 15 is 0 Å². The normalized spacial score (nSPS) is 37.4. The predicted molar refractivity (Wildman–Crippen MR) is 77.3 cm³/mol. The smallest absolute Gasteiger partial charge is 0.0644 e. The Kier molecular flexibility index (Phi) is 5.63. The summed E-state index contributed by atoms with van der Waals surface area (Å²) in [5.74, 6) is 0.829. The summed E-state index contributed by atoms with van der Waals surface area (Å²) < 4.78 is 5.49. The summed E-state index contributed by atoms with van der Waals surface area (Å²) in [7, 11) is 2.06. The first-order valence-electron chi connectivity index (χ1n) is 7.76. The molecule has 1 aliphatic heterocycles. The molecule has 4 heteroatoms. The van der Waals surface area contributed by atoms with E-state index in [-0.39, 0.29) is 12.6 Å². The zero-order valence-electron chi connectivity index (χ0n) is 12.5. The molecule has 2 N–H and O–H groups in total. The SMILES string of the molecule is CNCC1(CN2CCOCC2CO)CCCC(C)C1. The molecular formula is C15H30N2O2. The molecule has 2 fully saturated rings. The van der Waals surface area contributed by atoms with Gasteiger partial charge in [-0.3, -0.25) is 4.90 Å². The molecule has 1 aliphatic carbocycles. The van der Waals surface area contributed by atoms with Crippen LogP contribution in [0.5, 0.6) is 0 Å². The first kappa shape index (κ1) is 15.2. The molecule has 0 spiro atoms. The van der Waals surface area contributed by atoms with Crippen molar-refractivity contribution in [2.24, 2.45) is 11.3 Å². The molecule has 2 rings (SSSR count). The van der Waals surface area contributed by atoms with Crippen LogP contribution in [-0.4, -0.2) is 62.6 Å². The average Bonchev–Trinajstić information content (AvgIpc) is 2.39. The molecule has 112 valence electrons. The minimum Gasteiger partial charge on any atom is -0.395 e. The Bertz CT molecular complexity index is 271. The van der Waals surface area contributed by atoms with Crippen molar-refractivity contribution in [1.29, 1.82) is 0 Å². The van der Waals surface area contributed by atoms with Crippen molar-refractivity contribution < 1.29 is 9.84 Å². The molecule has 0 radical (unpaired) electrons. The fourth-order valence-corrected chi connectivity index (χ4v) is 4.00. The number of hydrogen-bond donors (Lipinski definition) is 2. The van der Waals surface area contributed by atoms with Gasteiger partial charge in [-0.2, -0.15) is 0 Å². The van der Waals surface area contributed by atoms with Gasteiger partial charge in [-0.05, 0) is 31.2 Å². The number of morpholine rings is 1. The Morgan fingerprint density at radius 1 is 1.47 bits per heavy atom. The van der Waals surface area contributed by atoms with E-state index in [1.807, 2.05) is 0 Å². The number of aliphatic hydroxyl groups excluding tert-OH is 1. The quantitative estimate of drug-likeness (QED) is 0.785. The lowest BCUT2D eigenvalue weighted by Gasteiger charge is -2.46. The van der Waals surface area contributed by atoms with Crippen LogP contribution in [0.1, 0.15) is 32.6 Å². The molecule has 1 saturated heterocycles. The summed E-state index contributed by atoms with van der Waals surface area (Å²) in [6.07, 6.45) is 5.34. The highest BCUT2D eigenvalue weighted by Gasteiger charge is 2.38. The van der Waals surface area contributed by atoms with E-state index in [2.05, 4.69) is 24.2 Å². The molecule has 0 aromatic rings. The Labute approximate surface area is 117 Å². The summed E-state index contributed by atoms with van der Waals surface area (Å²) in [5, 5.41) is 12.9. The number of nitrogens with one attached hydrogen (secondary N) is 1. The number of nitrogens with zero attached hydrogens (tertiary/aromatic N) is 1. The van der Waals surface area contributed by atoms with Crippen molar-refractivity contribution in [3.05, 3.63) is 0 Å². The third-order valence-corrected chi connectivity index (χ3v) is 4.84. The zero-order valence-corrected chi connectivity index (χ0v) is 12.5. The lowest BCUT2D eigenvalue weighted by Crippen LogP contribution is -2.54. The minimum absolute atomic E-state index is 0.194. The van der Waals surface area contributed by atoms with E-state index in [1.54, 1.807) is 0 Å². The lowest BCUT2D eigenvalue weighted by atomic mass is 9.69. The second-order valence-electron chi connectivity index (χ2n) is 6.61. The van der Waals surface area contributed by atoms with Gasteiger partial charge in [-0.25, -0.2) is 0 Å². The number of aliphatic hydroxyl groups is 1. The second kappa shape index (κ2) is 7.02. The maximum Gasteiger partial charge on any atom is 0.0644 e. The first-order chi connectivity index (χ1) is 9.19. The van der Waals surface area contributed by atoms with Crippen molar-refractivity contribution in [2.75, 3.05) is 46.5 Å². The van der Waals surface area contributed by atoms with Crippen LogP contribution >= 0.6 is 0 Å². The molecular weight excluding hydrogens is 240 g/mol. The highest BCUT2D eigenvalue weighted by atomic mass is 16.5. The minimum atomic E-state index is 0.194. The van der Waals surface area contributed by atoms with Crippen LogP contribution in [0, 0.1) is 11.3 Å². The van der Waals surface area contributed by atoms with Crippen molar-refractivity contribution >= 4 is 0 Å². The van der Waals surface area contributed by atoms with Gasteiger partial charge in [0, 0.05) is 19.6 Å². The summed E-state index contributed by atoms with van der Waals surface area (Å²) >= 11 is 0. The van der Waals surface area contributed by atoms with Gasteiger partial charge < -0.3 is 15.2 Å². The predicted octanol–water partition coefficient (Wildman–Crippen LogP) is 1.10. The summed E-state index contributed by atoms with van der Waals surface area (Å²) in [4.78, 5) is 2.46. The van der Waals surface area contributed by atoms with E-state index in [4.69, 9.17) is 4.74 Å². The van der Waals surface area contributed by atoms with Crippen molar-refractivity contribution in [2.45, 2.75) is 38.6 Å². The van der Waals surface area contributed by atoms with Gasteiger partial charge in [0.25, 0.3) is 0 Å². The standard InChI is InChI=1S/C15H30N2O2/c1-13-4-3-5-15(8-13,11-16-2)12-17-6-7-19-10-14(17)9-18/h13-14,16,18H,3-12H2,1-2H3. The van der Waals surface area contributed by atoms with Crippen molar-refractivity contribution in [1.82, 2.24) is 10.2 Å².